The second-order valence-electron chi connectivity index (χ2n) is 10.3. The van der Waals surface area contributed by atoms with E-state index in [0.29, 0.717) is 0 Å². The lowest BCUT2D eigenvalue weighted by atomic mass is 10.1. The molecule has 1 amide bonds. The van der Waals surface area contributed by atoms with E-state index in [9.17, 15) is 15.0 Å². The molecule has 2 N–H and O–H groups in total. The van der Waals surface area contributed by atoms with Crippen molar-refractivity contribution in [1.29, 1.82) is 0 Å². The Kier molecular flexibility index (Phi) is 21.1. The van der Waals surface area contributed by atoms with Crippen LogP contribution in [0.25, 0.3) is 0 Å². The lowest BCUT2D eigenvalue weighted by Crippen LogP contribution is -2.37. The van der Waals surface area contributed by atoms with E-state index in [1.807, 2.05) is 4.90 Å². The molecule has 0 heterocycles. The van der Waals surface area contributed by atoms with Crippen molar-refractivity contribution in [3.63, 3.8) is 0 Å². The summed E-state index contributed by atoms with van der Waals surface area (Å²) in [5, 5.41) is 19.7. The summed E-state index contributed by atoms with van der Waals surface area (Å²) in [4.78, 5) is 19.4. The summed E-state index contributed by atoms with van der Waals surface area (Å²) in [5.41, 5.74) is 0. The maximum absolute atomic E-state index is 12.8. The number of unbranched alkanes of at least 4 members (excludes halogenated alkanes) is 9. The fourth-order valence-electron chi connectivity index (χ4n) is 4.21. The Balaban J connectivity index is 4.14. The van der Waals surface area contributed by atoms with E-state index in [0.717, 1.165) is 52.1 Å². The molecule has 34 heavy (non-hydrogen) atoms. The smallest absolute Gasteiger partial charge is 0.222 e. The standard InChI is InChI=1S/C28H59N3O3/c1-6-9-10-11-12-13-14-15-16-17-22-30(5)24-19-26-31(25-18-23-29(4)8-3)27(32)20-21-28(33,34)7-2/h33-34H,6-26H2,1-5H3. The van der Waals surface area contributed by atoms with Gasteiger partial charge >= 0.3 is 0 Å². The normalized spacial score (nSPS) is 12.1. The molecule has 0 unspecified atom stereocenters. The van der Waals surface area contributed by atoms with Gasteiger partial charge in [-0.3, -0.25) is 4.79 Å². The number of rotatable bonds is 24. The minimum Gasteiger partial charge on any atom is -0.366 e. The van der Waals surface area contributed by atoms with Crippen molar-refractivity contribution in [3.05, 3.63) is 0 Å². The van der Waals surface area contributed by atoms with E-state index in [4.69, 9.17) is 0 Å². The topological polar surface area (TPSA) is 67.2 Å². The highest BCUT2D eigenvalue weighted by Crippen LogP contribution is 2.15. The van der Waals surface area contributed by atoms with Gasteiger partial charge in [0.25, 0.3) is 0 Å². The molecule has 0 spiro atoms. The molecule has 204 valence electrons. The quantitative estimate of drug-likeness (QED) is 0.144. The number of amides is 1. The molecule has 6 heteroatoms. The molecule has 0 saturated carbocycles. The molecule has 0 bridgehead atoms. The number of hydrogen-bond donors (Lipinski definition) is 2. The fraction of sp³-hybridized carbons (Fsp3) is 0.964. The molecule has 0 atom stereocenters. The molecule has 0 saturated heterocycles. The zero-order valence-corrected chi connectivity index (χ0v) is 23.5. The van der Waals surface area contributed by atoms with Gasteiger partial charge in [0.15, 0.2) is 5.79 Å². The van der Waals surface area contributed by atoms with Crippen LogP contribution in [0.5, 0.6) is 0 Å². The molecular formula is C28H59N3O3. The van der Waals surface area contributed by atoms with Gasteiger partial charge in [-0.05, 0) is 66.0 Å². The number of hydrogen-bond acceptors (Lipinski definition) is 5. The lowest BCUT2D eigenvalue weighted by molar-refractivity contribution is -0.171. The summed E-state index contributed by atoms with van der Waals surface area (Å²) in [6, 6.07) is 0. The first-order chi connectivity index (χ1) is 16.3. The Morgan fingerprint density at radius 1 is 0.647 bits per heavy atom. The number of carbonyl (C=O) groups excluding carboxylic acids is 1. The first-order valence-corrected chi connectivity index (χ1v) is 14.3. The van der Waals surface area contributed by atoms with Gasteiger partial charge in [-0.15, -0.1) is 0 Å². The number of nitrogens with zero attached hydrogens (tertiary/aromatic N) is 3. The van der Waals surface area contributed by atoms with Crippen LogP contribution in [-0.2, 0) is 4.79 Å². The summed E-state index contributed by atoms with van der Waals surface area (Å²) in [5.74, 6) is -1.70. The van der Waals surface area contributed by atoms with Gasteiger partial charge in [-0.1, -0.05) is 78.6 Å². The first kappa shape index (κ1) is 33.3. The van der Waals surface area contributed by atoms with Crippen molar-refractivity contribution in [1.82, 2.24) is 14.7 Å². The Morgan fingerprint density at radius 3 is 1.62 bits per heavy atom. The zero-order chi connectivity index (χ0) is 25.7. The monoisotopic (exact) mass is 485 g/mol. The van der Waals surface area contributed by atoms with Crippen LogP contribution in [0.1, 0.15) is 117 Å². The van der Waals surface area contributed by atoms with Crippen molar-refractivity contribution in [2.24, 2.45) is 0 Å². The lowest BCUT2D eigenvalue weighted by Gasteiger charge is -2.27. The second-order valence-corrected chi connectivity index (χ2v) is 10.3. The molecule has 0 fully saturated rings. The molecule has 0 aromatic rings. The van der Waals surface area contributed by atoms with E-state index < -0.39 is 5.79 Å². The SMILES string of the molecule is CCCCCCCCCCCCN(C)CCCN(CCCN(C)CC)C(=O)CCC(O)(O)CC. The van der Waals surface area contributed by atoms with Gasteiger partial charge < -0.3 is 24.9 Å². The van der Waals surface area contributed by atoms with Gasteiger partial charge in [0.1, 0.15) is 0 Å². The van der Waals surface area contributed by atoms with Crippen LogP contribution in [0, 0.1) is 0 Å². The van der Waals surface area contributed by atoms with Crippen LogP contribution in [0.4, 0.5) is 0 Å². The van der Waals surface area contributed by atoms with E-state index in [1.54, 1.807) is 6.92 Å². The third-order valence-corrected chi connectivity index (χ3v) is 7.03. The summed E-state index contributed by atoms with van der Waals surface area (Å²) in [7, 11) is 4.28. The minimum absolute atomic E-state index is 0.0393. The maximum atomic E-state index is 12.8. The third kappa shape index (κ3) is 19.6. The van der Waals surface area contributed by atoms with Crippen molar-refractivity contribution >= 4 is 5.91 Å². The van der Waals surface area contributed by atoms with Crippen molar-refractivity contribution in [3.8, 4) is 0 Å². The number of aliphatic hydroxyl groups is 2. The molecule has 0 rings (SSSR count). The summed E-state index contributed by atoms with van der Waals surface area (Å²) < 4.78 is 0. The Morgan fingerprint density at radius 2 is 1.12 bits per heavy atom. The predicted octanol–water partition coefficient (Wildman–Crippen LogP) is 5.27. The van der Waals surface area contributed by atoms with Crippen LogP contribution >= 0.6 is 0 Å². The molecule has 0 aliphatic heterocycles. The van der Waals surface area contributed by atoms with Crippen LogP contribution in [-0.4, -0.2) is 90.0 Å². The largest absolute Gasteiger partial charge is 0.366 e. The zero-order valence-electron chi connectivity index (χ0n) is 23.5. The van der Waals surface area contributed by atoms with Crippen molar-refractivity contribution in [2.75, 3.05) is 53.4 Å². The maximum Gasteiger partial charge on any atom is 0.222 e. The van der Waals surface area contributed by atoms with E-state index in [1.165, 1.54) is 64.2 Å². The highest BCUT2D eigenvalue weighted by molar-refractivity contribution is 5.76. The van der Waals surface area contributed by atoms with Gasteiger partial charge in [0.05, 0.1) is 0 Å². The van der Waals surface area contributed by atoms with Gasteiger partial charge in [0.2, 0.25) is 5.91 Å². The van der Waals surface area contributed by atoms with Crippen molar-refractivity contribution in [2.45, 2.75) is 123 Å². The first-order valence-electron chi connectivity index (χ1n) is 14.3. The average Bonchev–Trinajstić information content (AvgIpc) is 2.82. The van der Waals surface area contributed by atoms with Crippen LogP contribution in [0.15, 0.2) is 0 Å². The second kappa shape index (κ2) is 21.6. The minimum atomic E-state index is -1.74. The Hall–Kier alpha value is -0.690. The van der Waals surface area contributed by atoms with Crippen molar-refractivity contribution < 1.29 is 15.0 Å². The molecule has 0 aliphatic carbocycles. The van der Waals surface area contributed by atoms with E-state index >= 15 is 0 Å². The Labute approximate surface area is 212 Å². The molecule has 0 aliphatic rings. The number of carbonyl (C=O) groups is 1. The third-order valence-electron chi connectivity index (χ3n) is 7.03. The van der Waals surface area contributed by atoms with Crippen LogP contribution < -0.4 is 0 Å². The van der Waals surface area contributed by atoms with Gasteiger partial charge in [0, 0.05) is 25.9 Å². The highest BCUT2D eigenvalue weighted by Gasteiger charge is 2.23. The molecule has 6 nitrogen and oxygen atoms in total. The van der Waals surface area contributed by atoms with Gasteiger partial charge in [-0.25, -0.2) is 0 Å². The summed E-state index contributed by atoms with van der Waals surface area (Å²) in [6.45, 7) is 11.7. The van der Waals surface area contributed by atoms with E-state index in [-0.39, 0.29) is 25.2 Å². The molecular weight excluding hydrogens is 426 g/mol. The fourth-order valence-corrected chi connectivity index (χ4v) is 4.21. The molecule has 0 aromatic heterocycles. The van der Waals surface area contributed by atoms with Gasteiger partial charge in [-0.2, -0.15) is 0 Å². The molecule has 0 radical (unpaired) electrons. The van der Waals surface area contributed by atoms with Crippen LogP contribution in [0.2, 0.25) is 0 Å². The highest BCUT2D eigenvalue weighted by atomic mass is 16.5. The Bertz CT molecular complexity index is 474. The van der Waals surface area contributed by atoms with E-state index in [2.05, 4.69) is 37.7 Å². The summed E-state index contributed by atoms with van der Waals surface area (Å²) >= 11 is 0. The average molecular weight is 486 g/mol. The summed E-state index contributed by atoms with van der Waals surface area (Å²) in [6.07, 6.45) is 16.1. The van der Waals surface area contributed by atoms with Crippen LogP contribution in [0.3, 0.4) is 0 Å². The molecule has 0 aromatic carbocycles. The predicted molar refractivity (Wildman–Crippen MR) is 145 cm³/mol.